The molecule has 0 spiro atoms. The maximum atomic E-state index is 14.1. The van der Waals surface area contributed by atoms with Crippen molar-refractivity contribution in [1.82, 2.24) is 16.0 Å². The van der Waals surface area contributed by atoms with Crippen molar-refractivity contribution in [3.05, 3.63) is 106 Å². The number of amides is 2. The molecular weight excluding hydrogens is 588 g/mol. The van der Waals surface area contributed by atoms with Crippen molar-refractivity contribution in [3.8, 4) is 0 Å². The van der Waals surface area contributed by atoms with Gasteiger partial charge in [0.1, 0.15) is 17.7 Å². The minimum Gasteiger partial charge on any atom is -0.351 e. The standard InChI is InChI=1S/C37H49F2N3O2S/c1-5-11-33(12-6-2)45-25-35(42-36(43)34-16-9-8-13-26(34)4)37(44)41-32(22-29-20-30(38)23-31(39)21-29)17-18-40-24-28-15-10-14-27(7-3)19-28/h8-10,13-16,19-21,23,32-33,35,40H,5-7,11-12,17-18,22,24-25H2,1-4H3,(H,41,44)(H,42,43)/t32-,35?/m1/s1. The predicted molar refractivity (Wildman–Crippen MR) is 183 cm³/mol. The van der Waals surface area contributed by atoms with Gasteiger partial charge >= 0.3 is 0 Å². The molecule has 0 saturated heterocycles. The molecule has 3 aromatic rings. The van der Waals surface area contributed by atoms with E-state index < -0.39 is 23.7 Å². The molecule has 0 radical (unpaired) electrons. The highest BCUT2D eigenvalue weighted by molar-refractivity contribution is 7.99. The number of halogens is 2. The molecule has 0 bridgehead atoms. The monoisotopic (exact) mass is 637 g/mol. The molecule has 2 atom stereocenters. The number of carbonyl (C=O) groups excluding carboxylic acids is 2. The first kappa shape index (κ1) is 36.2. The van der Waals surface area contributed by atoms with Crippen molar-refractivity contribution in [1.29, 1.82) is 0 Å². The van der Waals surface area contributed by atoms with E-state index in [0.717, 1.165) is 43.7 Å². The fraction of sp³-hybridized carbons (Fsp3) is 0.459. The highest BCUT2D eigenvalue weighted by atomic mass is 32.2. The predicted octanol–water partition coefficient (Wildman–Crippen LogP) is 7.54. The third kappa shape index (κ3) is 12.6. The number of rotatable bonds is 19. The van der Waals surface area contributed by atoms with Crippen molar-refractivity contribution < 1.29 is 18.4 Å². The first-order valence-electron chi connectivity index (χ1n) is 16.2. The summed E-state index contributed by atoms with van der Waals surface area (Å²) in [5.74, 6) is -1.46. The molecule has 0 saturated carbocycles. The van der Waals surface area contributed by atoms with E-state index in [4.69, 9.17) is 0 Å². The molecule has 1 unspecified atom stereocenters. The van der Waals surface area contributed by atoms with Gasteiger partial charge in [0, 0.05) is 35.2 Å². The number of nitrogens with one attached hydrogen (secondary N) is 3. The fourth-order valence-corrected chi connectivity index (χ4v) is 6.95. The summed E-state index contributed by atoms with van der Waals surface area (Å²) in [5, 5.41) is 9.97. The summed E-state index contributed by atoms with van der Waals surface area (Å²) in [7, 11) is 0. The van der Waals surface area contributed by atoms with Gasteiger partial charge in [-0.05, 0) is 86.0 Å². The molecular formula is C37H49F2N3O2S. The number of benzene rings is 3. The summed E-state index contributed by atoms with van der Waals surface area (Å²) in [6, 6.07) is 18.0. The maximum absolute atomic E-state index is 14.1. The maximum Gasteiger partial charge on any atom is 0.252 e. The smallest absolute Gasteiger partial charge is 0.252 e. The van der Waals surface area contributed by atoms with Crippen LogP contribution in [0.15, 0.2) is 66.7 Å². The Bertz CT molecular complexity index is 1340. The van der Waals surface area contributed by atoms with Crippen LogP contribution in [0, 0.1) is 18.6 Å². The van der Waals surface area contributed by atoms with Crippen LogP contribution >= 0.6 is 11.8 Å². The summed E-state index contributed by atoms with van der Waals surface area (Å²) in [6.07, 6.45) is 5.94. The highest BCUT2D eigenvalue weighted by Crippen LogP contribution is 2.23. The Morgan fingerprint density at radius 3 is 2.16 bits per heavy atom. The van der Waals surface area contributed by atoms with Gasteiger partial charge in [-0.3, -0.25) is 9.59 Å². The molecule has 244 valence electrons. The van der Waals surface area contributed by atoms with E-state index >= 15 is 0 Å². The second-order valence-electron chi connectivity index (χ2n) is 11.7. The van der Waals surface area contributed by atoms with Gasteiger partial charge in [0.25, 0.3) is 5.91 Å². The van der Waals surface area contributed by atoms with Crippen molar-refractivity contribution in [3.63, 3.8) is 0 Å². The molecule has 3 aromatic carbocycles. The number of carbonyl (C=O) groups is 2. The molecule has 45 heavy (non-hydrogen) atoms. The van der Waals surface area contributed by atoms with Crippen molar-refractivity contribution in [2.45, 2.75) is 96.5 Å². The molecule has 0 aromatic heterocycles. The van der Waals surface area contributed by atoms with Crippen LogP contribution in [0.3, 0.4) is 0 Å². The molecule has 0 aliphatic rings. The Morgan fingerprint density at radius 2 is 1.49 bits per heavy atom. The zero-order valence-electron chi connectivity index (χ0n) is 27.1. The lowest BCUT2D eigenvalue weighted by atomic mass is 10.0. The van der Waals surface area contributed by atoms with Gasteiger partial charge < -0.3 is 16.0 Å². The lowest BCUT2D eigenvalue weighted by molar-refractivity contribution is -0.123. The SMILES string of the molecule is CCCC(CCC)SCC(NC(=O)c1ccccc1C)C(=O)N[C@H](CCNCc1cccc(CC)c1)Cc1cc(F)cc(F)c1. The second-order valence-corrected chi connectivity index (χ2v) is 13.0. The molecule has 0 aliphatic carbocycles. The van der Waals surface area contributed by atoms with Gasteiger partial charge in [-0.2, -0.15) is 11.8 Å². The first-order valence-corrected chi connectivity index (χ1v) is 17.3. The Kier molecular flexibility index (Phi) is 15.6. The number of hydrogen-bond donors (Lipinski definition) is 3. The van der Waals surface area contributed by atoms with E-state index in [1.807, 2.05) is 31.2 Å². The van der Waals surface area contributed by atoms with Gasteiger partial charge in [-0.15, -0.1) is 0 Å². The Morgan fingerprint density at radius 1 is 0.800 bits per heavy atom. The summed E-state index contributed by atoms with van der Waals surface area (Å²) >= 11 is 1.72. The number of aryl methyl sites for hydroxylation is 2. The molecule has 0 aliphatic heterocycles. The van der Waals surface area contributed by atoms with Crippen LogP contribution in [0.25, 0.3) is 0 Å². The van der Waals surface area contributed by atoms with Gasteiger partial charge in [0.2, 0.25) is 5.91 Å². The Labute approximate surface area is 272 Å². The normalized spacial score (nSPS) is 12.6. The lowest BCUT2D eigenvalue weighted by Gasteiger charge is -2.25. The van der Waals surface area contributed by atoms with E-state index in [1.165, 1.54) is 23.3 Å². The van der Waals surface area contributed by atoms with E-state index in [2.05, 4.69) is 54.9 Å². The molecule has 0 heterocycles. The van der Waals surface area contributed by atoms with Gasteiger partial charge in [0.05, 0.1) is 0 Å². The zero-order chi connectivity index (χ0) is 32.6. The van der Waals surface area contributed by atoms with Crippen LogP contribution in [0.2, 0.25) is 0 Å². The van der Waals surface area contributed by atoms with Crippen LogP contribution in [-0.2, 0) is 24.2 Å². The molecule has 5 nitrogen and oxygen atoms in total. The molecule has 3 rings (SSSR count). The first-order chi connectivity index (χ1) is 21.7. The highest BCUT2D eigenvalue weighted by Gasteiger charge is 2.26. The topological polar surface area (TPSA) is 70.2 Å². The van der Waals surface area contributed by atoms with Crippen molar-refractivity contribution in [2.75, 3.05) is 12.3 Å². The van der Waals surface area contributed by atoms with E-state index in [1.54, 1.807) is 17.8 Å². The van der Waals surface area contributed by atoms with Crippen LogP contribution < -0.4 is 16.0 Å². The fourth-order valence-electron chi connectivity index (χ4n) is 5.44. The largest absolute Gasteiger partial charge is 0.351 e. The molecule has 0 fully saturated rings. The van der Waals surface area contributed by atoms with Crippen LogP contribution in [0.5, 0.6) is 0 Å². The summed E-state index contributed by atoms with van der Waals surface area (Å²) in [5.41, 5.74) is 4.27. The summed E-state index contributed by atoms with van der Waals surface area (Å²) in [6.45, 7) is 9.56. The third-order valence-corrected chi connectivity index (χ3v) is 9.35. The van der Waals surface area contributed by atoms with Crippen molar-refractivity contribution >= 4 is 23.6 Å². The quantitative estimate of drug-likeness (QED) is 0.119. The van der Waals surface area contributed by atoms with E-state index in [-0.39, 0.29) is 18.2 Å². The Hall–Kier alpha value is -3.23. The number of thioether (sulfide) groups is 1. The minimum atomic E-state index is -0.769. The van der Waals surface area contributed by atoms with Crippen LogP contribution in [0.1, 0.15) is 85.5 Å². The van der Waals surface area contributed by atoms with E-state index in [0.29, 0.717) is 41.6 Å². The lowest BCUT2D eigenvalue weighted by Crippen LogP contribution is -2.52. The second kappa shape index (κ2) is 19.3. The van der Waals surface area contributed by atoms with Gasteiger partial charge in [-0.25, -0.2) is 8.78 Å². The van der Waals surface area contributed by atoms with Crippen molar-refractivity contribution in [2.24, 2.45) is 0 Å². The minimum absolute atomic E-state index is 0.257. The average Bonchev–Trinajstić information content (AvgIpc) is 3.01. The summed E-state index contributed by atoms with van der Waals surface area (Å²) < 4.78 is 28.1. The van der Waals surface area contributed by atoms with E-state index in [9.17, 15) is 18.4 Å². The summed E-state index contributed by atoms with van der Waals surface area (Å²) in [4.78, 5) is 27.2. The average molecular weight is 638 g/mol. The van der Waals surface area contributed by atoms with Crippen LogP contribution in [0.4, 0.5) is 8.78 Å². The zero-order valence-corrected chi connectivity index (χ0v) is 28.0. The Balaban J connectivity index is 1.76. The third-order valence-electron chi connectivity index (χ3n) is 7.88. The molecule has 8 heteroatoms. The molecule has 2 amide bonds. The number of hydrogen-bond acceptors (Lipinski definition) is 4. The molecule has 3 N–H and O–H groups in total. The van der Waals surface area contributed by atoms with Gasteiger partial charge in [-0.1, -0.05) is 76.1 Å². The van der Waals surface area contributed by atoms with Gasteiger partial charge in [0.15, 0.2) is 0 Å². The van der Waals surface area contributed by atoms with Crippen LogP contribution in [-0.4, -0.2) is 41.4 Å².